The molecule has 0 atom stereocenters. The van der Waals surface area contributed by atoms with E-state index in [1.807, 2.05) is 0 Å². The van der Waals surface area contributed by atoms with Crippen molar-refractivity contribution in [3.05, 3.63) is 41.1 Å². The van der Waals surface area contributed by atoms with Crippen molar-refractivity contribution in [2.75, 3.05) is 7.11 Å². The highest BCUT2D eigenvalue weighted by Crippen LogP contribution is 2.33. The van der Waals surface area contributed by atoms with Crippen molar-refractivity contribution < 1.29 is 13.9 Å². The van der Waals surface area contributed by atoms with Crippen molar-refractivity contribution in [3.63, 3.8) is 0 Å². The maximum absolute atomic E-state index is 13.1. The van der Waals surface area contributed by atoms with E-state index in [-0.39, 0.29) is 22.6 Å². The van der Waals surface area contributed by atoms with Crippen LogP contribution in [0.15, 0.2) is 24.5 Å². The Labute approximate surface area is 108 Å². The molecule has 1 heterocycles. The molecule has 18 heavy (non-hydrogen) atoms. The fourth-order valence-electron chi connectivity index (χ4n) is 1.37. The molecule has 2 aromatic rings. The first-order valence-corrected chi connectivity index (χ1v) is 5.48. The molecule has 1 aromatic heterocycles. The molecule has 0 saturated carbocycles. The second-order valence-corrected chi connectivity index (χ2v) is 3.87. The van der Waals surface area contributed by atoms with Crippen LogP contribution in [0.2, 0.25) is 5.15 Å². The molecule has 0 aliphatic heterocycles. The molecular formula is C12H10ClFN2O2. The van der Waals surface area contributed by atoms with Crippen LogP contribution in [-0.4, -0.2) is 17.1 Å². The molecule has 0 saturated heterocycles. The maximum atomic E-state index is 13.1. The molecule has 6 heteroatoms. The van der Waals surface area contributed by atoms with Crippen LogP contribution in [0.4, 0.5) is 4.39 Å². The molecular weight excluding hydrogens is 259 g/mol. The fraction of sp³-hybridized carbons (Fsp3) is 0.167. The molecule has 0 amide bonds. The van der Waals surface area contributed by atoms with E-state index in [4.69, 9.17) is 21.1 Å². The summed E-state index contributed by atoms with van der Waals surface area (Å²) in [4.78, 5) is 7.69. The maximum Gasteiger partial charge on any atom is 0.267 e. The summed E-state index contributed by atoms with van der Waals surface area (Å²) in [5.41, 5.74) is 0.478. The van der Waals surface area contributed by atoms with Crippen LogP contribution in [-0.2, 0) is 0 Å². The Hall–Kier alpha value is -1.88. The van der Waals surface area contributed by atoms with Gasteiger partial charge in [0.1, 0.15) is 17.9 Å². The average molecular weight is 269 g/mol. The highest BCUT2D eigenvalue weighted by Gasteiger charge is 2.13. The summed E-state index contributed by atoms with van der Waals surface area (Å²) in [5.74, 6) is 0.571. The molecule has 4 nitrogen and oxygen atoms in total. The van der Waals surface area contributed by atoms with Gasteiger partial charge >= 0.3 is 0 Å². The summed E-state index contributed by atoms with van der Waals surface area (Å²) in [6.07, 6.45) is 1.26. The molecule has 0 fully saturated rings. The lowest BCUT2D eigenvalue weighted by Gasteiger charge is -2.09. The van der Waals surface area contributed by atoms with Gasteiger partial charge in [-0.25, -0.2) is 9.37 Å². The molecule has 2 rings (SSSR count). The first-order valence-electron chi connectivity index (χ1n) is 5.10. The molecule has 0 spiro atoms. The second-order valence-electron chi connectivity index (χ2n) is 3.52. The van der Waals surface area contributed by atoms with Crippen LogP contribution in [0, 0.1) is 12.7 Å². The lowest BCUT2D eigenvalue weighted by atomic mass is 10.2. The largest absolute Gasteiger partial charge is 0.489 e. The first kappa shape index (κ1) is 12.6. The third-order valence-electron chi connectivity index (χ3n) is 2.28. The van der Waals surface area contributed by atoms with Gasteiger partial charge in [0, 0.05) is 0 Å². The zero-order chi connectivity index (χ0) is 13.1. The number of benzene rings is 1. The van der Waals surface area contributed by atoms with E-state index < -0.39 is 0 Å². The highest BCUT2D eigenvalue weighted by atomic mass is 35.5. The number of nitrogens with zero attached hydrogens (tertiary/aromatic N) is 2. The number of halogens is 2. The van der Waals surface area contributed by atoms with Crippen LogP contribution in [0.25, 0.3) is 0 Å². The van der Waals surface area contributed by atoms with Crippen LogP contribution >= 0.6 is 11.6 Å². The Balaban J connectivity index is 2.34. The van der Waals surface area contributed by atoms with Crippen molar-refractivity contribution in [3.8, 4) is 17.4 Å². The monoisotopic (exact) mass is 268 g/mol. The lowest BCUT2D eigenvalue weighted by molar-refractivity contribution is 0.367. The van der Waals surface area contributed by atoms with Crippen molar-refractivity contribution in [1.29, 1.82) is 0 Å². The van der Waals surface area contributed by atoms with Crippen molar-refractivity contribution in [2.45, 2.75) is 6.92 Å². The lowest BCUT2D eigenvalue weighted by Crippen LogP contribution is -1.96. The van der Waals surface area contributed by atoms with Crippen LogP contribution in [0.1, 0.15) is 5.56 Å². The van der Waals surface area contributed by atoms with Crippen LogP contribution in [0.3, 0.4) is 0 Å². The predicted molar refractivity (Wildman–Crippen MR) is 64.8 cm³/mol. The van der Waals surface area contributed by atoms with Gasteiger partial charge in [0.05, 0.1) is 7.11 Å². The van der Waals surface area contributed by atoms with Gasteiger partial charge in [-0.15, -0.1) is 0 Å². The molecule has 94 valence electrons. The summed E-state index contributed by atoms with van der Waals surface area (Å²) in [6, 6.07) is 4.38. The number of methoxy groups -OCH3 is 1. The van der Waals surface area contributed by atoms with E-state index in [1.54, 1.807) is 13.0 Å². The van der Waals surface area contributed by atoms with Crippen molar-refractivity contribution in [1.82, 2.24) is 9.97 Å². The standard InChI is InChI=1S/C12H10ClFN2O2/c1-7-5-8(3-4-9(7)14)18-12-10(17-2)11(13)15-6-16-12/h3-6H,1-2H3. The van der Waals surface area contributed by atoms with E-state index in [2.05, 4.69) is 9.97 Å². The fourth-order valence-corrected chi connectivity index (χ4v) is 1.58. The number of aryl methyl sites for hydroxylation is 1. The number of rotatable bonds is 3. The highest BCUT2D eigenvalue weighted by molar-refractivity contribution is 6.31. The minimum absolute atomic E-state index is 0.154. The van der Waals surface area contributed by atoms with Crippen molar-refractivity contribution >= 4 is 11.6 Å². The van der Waals surface area contributed by atoms with Gasteiger partial charge in [0.15, 0.2) is 5.15 Å². The number of hydrogen-bond acceptors (Lipinski definition) is 4. The summed E-state index contributed by atoms with van der Waals surface area (Å²) >= 11 is 5.84. The molecule has 0 radical (unpaired) electrons. The Kier molecular flexibility index (Phi) is 3.62. The molecule has 1 aromatic carbocycles. The van der Waals surface area contributed by atoms with Gasteiger partial charge in [0.2, 0.25) is 5.75 Å². The molecule has 0 unspecified atom stereocenters. The first-order chi connectivity index (χ1) is 8.61. The predicted octanol–water partition coefficient (Wildman–Crippen LogP) is 3.38. The number of hydrogen-bond donors (Lipinski definition) is 0. The molecule has 0 aliphatic rings. The van der Waals surface area contributed by atoms with Gasteiger partial charge in [-0.3, -0.25) is 0 Å². The Morgan fingerprint density at radius 2 is 2.06 bits per heavy atom. The molecule has 0 aliphatic carbocycles. The van der Waals surface area contributed by atoms with E-state index in [0.717, 1.165) is 0 Å². The summed E-state index contributed by atoms with van der Waals surface area (Å²) in [6.45, 7) is 1.65. The summed E-state index contributed by atoms with van der Waals surface area (Å²) in [7, 11) is 1.44. The third kappa shape index (κ3) is 2.51. The average Bonchev–Trinajstić information content (AvgIpc) is 2.34. The molecule has 0 bridgehead atoms. The second kappa shape index (κ2) is 5.18. The zero-order valence-electron chi connectivity index (χ0n) is 9.78. The minimum Gasteiger partial charge on any atom is -0.489 e. The SMILES string of the molecule is COc1c(Cl)ncnc1Oc1ccc(F)c(C)c1. The quantitative estimate of drug-likeness (QED) is 0.801. The zero-order valence-corrected chi connectivity index (χ0v) is 10.5. The number of ether oxygens (including phenoxy) is 2. The Bertz CT molecular complexity index is 578. The number of aromatic nitrogens is 2. The Morgan fingerprint density at radius 1 is 1.28 bits per heavy atom. The van der Waals surface area contributed by atoms with Crippen LogP contribution < -0.4 is 9.47 Å². The normalized spacial score (nSPS) is 10.2. The van der Waals surface area contributed by atoms with Crippen LogP contribution in [0.5, 0.6) is 17.4 Å². The Morgan fingerprint density at radius 3 is 2.72 bits per heavy atom. The van der Waals surface area contributed by atoms with E-state index in [9.17, 15) is 4.39 Å². The summed E-state index contributed by atoms with van der Waals surface area (Å²) in [5, 5.41) is 0.154. The van der Waals surface area contributed by atoms with Gasteiger partial charge in [0.25, 0.3) is 5.88 Å². The van der Waals surface area contributed by atoms with E-state index in [0.29, 0.717) is 11.3 Å². The smallest absolute Gasteiger partial charge is 0.267 e. The minimum atomic E-state index is -0.296. The van der Waals surface area contributed by atoms with Gasteiger partial charge in [-0.2, -0.15) is 4.98 Å². The van der Waals surface area contributed by atoms with Crippen molar-refractivity contribution in [2.24, 2.45) is 0 Å². The van der Waals surface area contributed by atoms with E-state index >= 15 is 0 Å². The molecule has 0 N–H and O–H groups in total. The topological polar surface area (TPSA) is 44.2 Å². The van der Waals surface area contributed by atoms with Gasteiger partial charge in [-0.05, 0) is 30.7 Å². The summed E-state index contributed by atoms with van der Waals surface area (Å²) < 4.78 is 23.7. The van der Waals surface area contributed by atoms with E-state index in [1.165, 1.54) is 25.6 Å². The van der Waals surface area contributed by atoms with Gasteiger partial charge < -0.3 is 9.47 Å². The third-order valence-corrected chi connectivity index (χ3v) is 2.54. The van der Waals surface area contributed by atoms with Gasteiger partial charge in [-0.1, -0.05) is 11.6 Å².